The van der Waals surface area contributed by atoms with Crippen molar-refractivity contribution >= 4 is 25.7 Å². The summed E-state index contributed by atoms with van der Waals surface area (Å²) < 4.78 is 35.1. The molecule has 10 heteroatoms. The lowest BCUT2D eigenvalue weighted by Crippen LogP contribution is -2.54. The Labute approximate surface area is 239 Å². The van der Waals surface area contributed by atoms with Crippen molar-refractivity contribution in [3.05, 3.63) is 0 Å². The second kappa shape index (κ2) is 12.0. The molecule has 4 rings (SSSR count). The predicted molar refractivity (Wildman–Crippen MR) is 150 cm³/mol. The summed E-state index contributed by atoms with van der Waals surface area (Å²) in [6.07, 6.45) is 7.21. The summed E-state index contributed by atoms with van der Waals surface area (Å²) in [7, 11) is -4.22. The molecule has 0 amide bonds. The zero-order valence-electron chi connectivity index (χ0n) is 25.4. The molecule has 228 valence electrons. The first-order chi connectivity index (χ1) is 18.7. The van der Waals surface area contributed by atoms with E-state index in [9.17, 15) is 18.9 Å². The van der Waals surface area contributed by atoms with Gasteiger partial charge in [-0.1, -0.05) is 13.8 Å². The molecule has 4 aliphatic rings. The van der Waals surface area contributed by atoms with Crippen LogP contribution in [-0.4, -0.2) is 42.8 Å². The smallest absolute Gasteiger partial charge is 0.462 e. The van der Waals surface area contributed by atoms with Crippen molar-refractivity contribution in [1.29, 1.82) is 0 Å². The highest BCUT2D eigenvalue weighted by Gasteiger charge is 2.61. The third-order valence-electron chi connectivity index (χ3n) is 10.9. The highest BCUT2D eigenvalue weighted by atomic mass is 31.2. The summed E-state index contributed by atoms with van der Waals surface area (Å²) in [4.78, 5) is 37.0. The fourth-order valence-electron chi connectivity index (χ4n) is 9.12. The van der Waals surface area contributed by atoms with Gasteiger partial charge in [-0.2, -0.15) is 5.09 Å². The van der Waals surface area contributed by atoms with Crippen molar-refractivity contribution in [3.8, 4) is 0 Å². The molecule has 4 saturated carbocycles. The predicted octanol–water partition coefficient (Wildman–Crippen LogP) is 6.83. The van der Waals surface area contributed by atoms with Crippen LogP contribution in [-0.2, 0) is 32.7 Å². The molecular formula is C30H50NO8P. The summed E-state index contributed by atoms with van der Waals surface area (Å²) >= 11 is 0. The number of ketones is 1. The van der Waals surface area contributed by atoms with E-state index in [2.05, 4.69) is 18.9 Å². The lowest BCUT2D eigenvalue weighted by Gasteiger charge is -2.61. The maximum Gasteiger partial charge on any atom is 0.515 e. The number of Topliss-reactive ketones (excluding diaryl/α,β-unsaturated/α-hetero) is 1. The summed E-state index contributed by atoms with van der Waals surface area (Å²) in [5.41, 5.74) is 0.291. The second-order valence-corrected chi connectivity index (χ2v) is 15.2. The van der Waals surface area contributed by atoms with Crippen molar-refractivity contribution in [3.63, 3.8) is 0 Å². The zero-order valence-corrected chi connectivity index (χ0v) is 26.3. The van der Waals surface area contributed by atoms with Gasteiger partial charge < -0.3 is 14.0 Å². The number of hydrogen-bond donors (Lipinski definition) is 1. The van der Waals surface area contributed by atoms with E-state index in [1.807, 2.05) is 0 Å². The molecule has 10 atom stereocenters. The average Bonchev–Trinajstić information content (AvgIpc) is 3.21. The van der Waals surface area contributed by atoms with Gasteiger partial charge in [-0.05, 0) is 127 Å². The van der Waals surface area contributed by atoms with E-state index in [1.54, 1.807) is 27.7 Å². The standard InChI is InChI=1S/C30H50NO8P/c1-8-36-28(34)39-40(35,31-19(4)27(33)37-18(2)3)38-22-13-15-29(6)21(17-22)9-10-23-25-12-11-24(20(5)32)30(25,7)16-14-26(23)29/h18-19,21-26H,8-17H2,1-7H3,(H,31,35)/t19?,21-,22+,23-,24+,25-,26-,29-,30+,40-/m0/s1. The average molecular weight is 584 g/mol. The molecule has 0 aromatic carbocycles. The van der Waals surface area contributed by atoms with Gasteiger partial charge in [0.15, 0.2) is 0 Å². The van der Waals surface area contributed by atoms with E-state index in [1.165, 1.54) is 6.92 Å². The highest BCUT2D eigenvalue weighted by molar-refractivity contribution is 7.52. The monoisotopic (exact) mass is 583 g/mol. The Kier molecular flexibility index (Phi) is 9.48. The summed E-state index contributed by atoms with van der Waals surface area (Å²) in [6, 6.07) is -1.01. The Balaban J connectivity index is 1.45. The topological polar surface area (TPSA) is 117 Å². The van der Waals surface area contributed by atoms with Gasteiger partial charge in [-0.25, -0.2) is 9.36 Å². The Morgan fingerprint density at radius 1 is 0.950 bits per heavy atom. The molecular weight excluding hydrogens is 533 g/mol. The van der Waals surface area contributed by atoms with Gasteiger partial charge in [-0.15, -0.1) is 0 Å². The number of carbonyl (C=O) groups is 3. The van der Waals surface area contributed by atoms with Crippen LogP contribution in [0.3, 0.4) is 0 Å². The van der Waals surface area contributed by atoms with Crippen molar-refractivity contribution in [1.82, 2.24) is 5.09 Å². The molecule has 9 nitrogen and oxygen atoms in total. The Morgan fingerprint density at radius 3 is 2.27 bits per heavy atom. The van der Waals surface area contributed by atoms with Gasteiger partial charge in [0.2, 0.25) is 0 Å². The van der Waals surface area contributed by atoms with Crippen LogP contribution in [0.4, 0.5) is 4.79 Å². The molecule has 0 aromatic heterocycles. The molecule has 1 unspecified atom stereocenters. The van der Waals surface area contributed by atoms with Gasteiger partial charge in [0, 0.05) is 5.92 Å². The quantitative estimate of drug-likeness (QED) is 0.230. The molecule has 0 radical (unpaired) electrons. The van der Waals surface area contributed by atoms with Crippen LogP contribution < -0.4 is 5.09 Å². The van der Waals surface area contributed by atoms with E-state index in [4.69, 9.17) is 18.5 Å². The van der Waals surface area contributed by atoms with E-state index < -0.39 is 25.9 Å². The third-order valence-corrected chi connectivity index (χ3v) is 12.6. The Bertz CT molecular complexity index is 1020. The fraction of sp³-hybridized carbons (Fsp3) is 0.900. The molecule has 0 aromatic rings. The highest BCUT2D eigenvalue weighted by Crippen LogP contribution is 2.68. The zero-order chi connectivity index (χ0) is 29.5. The second-order valence-electron chi connectivity index (χ2n) is 13.6. The minimum Gasteiger partial charge on any atom is -0.462 e. The minimum absolute atomic E-state index is 0.0589. The van der Waals surface area contributed by atoms with Crippen LogP contribution in [0.15, 0.2) is 0 Å². The fourth-order valence-corrected chi connectivity index (χ4v) is 10.7. The minimum atomic E-state index is -4.22. The van der Waals surface area contributed by atoms with Crippen LogP contribution in [0.2, 0.25) is 0 Å². The van der Waals surface area contributed by atoms with E-state index in [0.717, 1.165) is 51.4 Å². The molecule has 4 aliphatic carbocycles. The van der Waals surface area contributed by atoms with E-state index in [0.29, 0.717) is 35.9 Å². The number of esters is 1. The van der Waals surface area contributed by atoms with Gasteiger partial charge in [-0.3, -0.25) is 14.1 Å². The maximum atomic E-state index is 13.8. The summed E-state index contributed by atoms with van der Waals surface area (Å²) in [5, 5.41) is 2.61. The molecule has 0 saturated heterocycles. The molecule has 0 aliphatic heterocycles. The number of carbonyl (C=O) groups excluding carboxylic acids is 3. The maximum absolute atomic E-state index is 13.8. The normalized spacial score (nSPS) is 39.2. The Hall–Kier alpha value is -1.44. The van der Waals surface area contributed by atoms with Crippen LogP contribution in [0, 0.1) is 40.4 Å². The number of hydrogen-bond acceptors (Lipinski definition) is 8. The molecule has 1 N–H and O–H groups in total. The number of nitrogens with one attached hydrogen (secondary N) is 1. The lowest BCUT2D eigenvalue weighted by atomic mass is 9.44. The van der Waals surface area contributed by atoms with Gasteiger partial charge in [0.25, 0.3) is 0 Å². The molecule has 0 heterocycles. The van der Waals surface area contributed by atoms with Crippen molar-refractivity contribution in [2.75, 3.05) is 6.61 Å². The SMILES string of the molecule is CCOC(=O)O[P@](=O)(NC(C)C(=O)OC(C)C)O[C@@H]1CC[C@@]2(C)[C@@H](CC[C@@H]3[C@@H]2CC[C@]2(C)[C@@H](C(C)=O)CC[C@@H]32)C1. The van der Waals surface area contributed by atoms with E-state index >= 15 is 0 Å². The van der Waals surface area contributed by atoms with E-state index in [-0.39, 0.29) is 35.6 Å². The summed E-state index contributed by atoms with van der Waals surface area (Å²) in [6.45, 7) is 13.2. The first kappa shape index (κ1) is 31.5. The van der Waals surface area contributed by atoms with Crippen molar-refractivity contribution < 1.29 is 37.5 Å². The first-order valence-electron chi connectivity index (χ1n) is 15.4. The molecule has 0 spiro atoms. The Morgan fingerprint density at radius 2 is 1.62 bits per heavy atom. The lowest BCUT2D eigenvalue weighted by molar-refractivity contribution is -0.149. The first-order valence-corrected chi connectivity index (χ1v) is 16.9. The van der Waals surface area contributed by atoms with Gasteiger partial charge in [0.05, 0.1) is 18.8 Å². The summed E-state index contributed by atoms with van der Waals surface area (Å²) in [5.74, 6) is 2.23. The van der Waals surface area contributed by atoms with Crippen molar-refractivity contribution in [2.24, 2.45) is 40.4 Å². The van der Waals surface area contributed by atoms with Crippen LogP contribution in [0.1, 0.15) is 106 Å². The van der Waals surface area contributed by atoms with Gasteiger partial charge >= 0.3 is 19.9 Å². The number of rotatable bonds is 9. The number of fused-ring (bicyclic) bond motifs is 5. The molecule has 40 heavy (non-hydrogen) atoms. The van der Waals surface area contributed by atoms with Crippen molar-refractivity contribution in [2.45, 2.75) is 125 Å². The largest absolute Gasteiger partial charge is 0.515 e. The van der Waals surface area contributed by atoms with Crippen LogP contribution in [0.5, 0.6) is 0 Å². The third kappa shape index (κ3) is 6.17. The molecule has 0 bridgehead atoms. The van der Waals surface area contributed by atoms with Crippen LogP contribution >= 0.6 is 7.75 Å². The molecule has 4 fully saturated rings. The van der Waals surface area contributed by atoms with Gasteiger partial charge in [0.1, 0.15) is 11.8 Å². The van der Waals surface area contributed by atoms with Crippen LogP contribution in [0.25, 0.3) is 0 Å². The number of ether oxygens (including phenoxy) is 2.